The quantitative estimate of drug-likeness (QED) is 0.856. The van der Waals surface area contributed by atoms with Gasteiger partial charge in [-0.05, 0) is 49.5 Å². The van der Waals surface area contributed by atoms with Crippen molar-refractivity contribution in [3.8, 4) is 5.75 Å². The number of rotatable bonds is 4. The highest BCUT2D eigenvalue weighted by Crippen LogP contribution is 2.18. The molecule has 0 saturated carbocycles. The lowest BCUT2D eigenvalue weighted by molar-refractivity contribution is 0.130. The topological polar surface area (TPSA) is 41.5 Å². The van der Waals surface area contributed by atoms with Gasteiger partial charge in [-0.25, -0.2) is 0 Å². The van der Waals surface area contributed by atoms with Gasteiger partial charge >= 0.3 is 0 Å². The van der Waals surface area contributed by atoms with Crippen molar-refractivity contribution in [1.82, 2.24) is 5.32 Å². The highest BCUT2D eigenvalue weighted by atomic mass is 16.5. The summed E-state index contributed by atoms with van der Waals surface area (Å²) in [6.45, 7) is 2.02. The van der Waals surface area contributed by atoms with Crippen LogP contribution in [0, 0.1) is 5.92 Å². The number of ether oxygens (including phenoxy) is 1. The Morgan fingerprint density at radius 3 is 2.56 bits per heavy atom. The summed E-state index contributed by atoms with van der Waals surface area (Å²) in [5, 5.41) is 13.4. The molecule has 1 aliphatic rings. The first kappa shape index (κ1) is 13.1. The standard InChI is InChI=1S/C15H21NO2/c1-18-14-5-2-12(3-6-14)4-7-15(17)13-8-10-16-11-9-13/h2-7,13,15-17H,8-11H2,1H3. The molecule has 0 aliphatic carbocycles. The molecule has 1 unspecified atom stereocenters. The van der Waals surface area contributed by atoms with E-state index in [1.807, 2.05) is 36.4 Å². The van der Waals surface area contributed by atoms with Crippen molar-refractivity contribution in [3.05, 3.63) is 35.9 Å². The second kappa shape index (κ2) is 6.57. The van der Waals surface area contributed by atoms with Crippen LogP contribution in [-0.4, -0.2) is 31.4 Å². The molecule has 1 atom stereocenters. The molecule has 1 heterocycles. The average molecular weight is 247 g/mol. The van der Waals surface area contributed by atoms with Crippen molar-refractivity contribution in [3.63, 3.8) is 0 Å². The van der Waals surface area contributed by atoms with Gasteiger partial charge in [0, 0.05) is 0 Å². The van der Waals surface area contributed by atoms with Gasteiger partial charge in [-0.1, -0.05) is 24.3 Å². The Morgan fingerprint density at radius 1 is 1.28 bits per heavy atom. The second-order valence-electron chi connectivity index (χ2n) is 4.71. The maximum absolute atomic E-state index is 10.1. The molecule has 1 saturated heterocycles. The van der Waals surface area contributed by atoms with Crippen molar-refractivity contribution in [2.75, 3.05) is 20.2 Å². The molecule has 2 rings (SSSR count). The van der Waals surface area contributed by atoms with Crippen LogP contribution in [0.3, 0.4) is 0 Å². The molecule has 1 fully saturated rings. The smallest absolute Gasteiger partial charge is 0.118 e. The first-order chi connectivity index (χ1) is 8.79. The summed E-state index contributed by atoms with van der Waals surface area (Å²) in [5.41, 5.74) is 1.09. The summed E-state index contributed by atoms with van der Waals surface area (Å²) < 4.78 is 5.11. The molecule has 0 radical (unpaired) electrons. The van der Waals surface area contributed by atoms with E-state index in [2.05, 4.69) is 5.32 Å². The second-order valence-corrected chi connectivity index (χ2v) is 4.71. The molecule has 2 N–H and O–H groups in total. The molecule has 98 valence electrons. The predicted octanol–water partition coefficient (Wildman–Crippen LogP) is 2.07. The molecule has 0 bridgehead atoms. The lowest BCUT2D eigenvalue weighted by Gasteiger charge is -2.25. The van der Waals surface area contributed by atoms with Crippen LogP contribution in [0.15, 0.2) is 30.3 Å². The summed E-state index contributed by atoms with van der Waals surface area (Å²) in [6.07, 6.45) is 5.64. The maximum atomic E-state index is 10.1. The molecule has 18 heavy (non-hydrogen) atoms. The third-order valence-corrected chi connectivity index (χ3v) is 3.47. The fraction of sp³-hybridized carbons (Fsp3) is 0.467. The van der Waals surface area contributed by atoms with E-state index in [1.54, 1.807) is 7.11 Å². The number of piperidine rings is 1. The molecule has 0 spiro atoms. The van der Waals surface area contributed by atoms with E-state index in [-0.39, 0.29) is 6.10 Å². The summed E-state index contributed by atoms with van der Waals surface area (Å²) in [6, 6.07) is 7.84. The predicted molar refractivity (Wildman–Crippen MR) is 73.6 cm³/mol. The number of hydrogen-bond donors (Lipinski definition) is 2. The van der Waals surface area contributed by atoms with Crippen LogP contribution in [0.1, 0.15) is 18.4 Å². The third-order valence-electron chi connectivity index (χ3n) is 3.47. The Balaban J connectivity index is 1.92. The molecule has 3 nitrogen and oxygen atoms in total. The number of nitrogens with one attached hydrogen (secondary N) is 1. The Hall–Kier alpha value is -1.32. The van der Waals surface area contributed by atoms with Crippen molar-refractivity contribution < 1.29 is 9.84 Å². The van der Waals surface area contributed by atoms with Crippen LogP contribution in [0.25, 0.3) is 6.08 Å². The van der Waals surface area contributed by atoms with Gasteiger partial charge in [-0.3, -0.25) is 0 Å². The number of methoxy groups -OCH3 is 1. The van der Waals surface area contributed by atoms with Crippen molar-refractivity contribution in [2.45, 2.75) is 18.9 Å². The Morgan fingerprint density at radius 2 is 1.94 bits per heavy atom. The summed E-state index contributed by atoms with van der Waals surface area (Å²) in [4.78, 5) is 0. The zero-order chi connectivity index (χ0) is 12.8. The minimum absolute atomic E-state index is 0.339. The van der Waals surface area contributed by atoms with Gasteiger partial charge in [-0.2, -0.15) is 0 Å². The van der Waals surface area contributed by atoms with Gasteiger partial charge in [0.1, 0.15) is 5.75 Å². The van der Waals surface area contributed by atoms with E-state index in [4.69, 9.17) is 4.74 Å². The van der Waals surface area contributed by atoms with Crippen LogP contribution in [0.2, 0.25) is 0 Å². The molecular formula is C15H21NO2. The van der Waals surface area contributed by atoms with Gasteiger partial charge in [-0.15, -0.1) is 0 Å². The first-order valence-corrected chi connectivity index (χ1v) is 6.50. The SMILES string of the molecule is COc1ccc(C=CC(O)C2CCNCC2)cc1. The number of aliphatic hydroxyl groups excluding tert-OH is 1. The van der Waals surface area contributed by atoms with E-state index in [0.29, 0.717) is 5.92 Å². The number of hydrogen-bond acceptors (Lipinski definition) is 3. The van der Waals surface area contributed by atoms with Crippen LogP contribution in [0.5, 0.6) is 5.75 Å². The summed E-state index contributed by atoms with van der Waals surface area (Å²) in [5.74, 6) is 1.24. The minimum Gasteiger partial charge on any atom is -0.497 e. The number of aliphatic hydroxyl groups is 1. The Labute approximate surface area is 108 Å². The van der Waals surface area contributed by atoms with Crippen molar-refractivity contribution in [1.29, 1.82) is 0 Å². The van der Waals surface area contributed by atoms with E-state index in [1.165, 1.54) is 0 Å². The third kappa shape index (κ3) is 3.59. The first-order valence-electron chi connectivity index (χ1n) is 6.50. The fourth-order valence-corrected chi connectivity index (χ4v) is 2.27. The summed E-state index contributed by atoms with van der Waals surface area (Å²) in [7, 11) is 1.66. The van der Waals surface area contributed by atoms with Gasteiger partial charge in [0.05, 0.1) is 13.2 Å². The Bertz CT molecular complexity index is 380. The summed E-state index contributed by atoms with van der Waals surface area (Å²) >= 11 is 0. The van der Waals surface area contributed by atoms with Gasteiger partial charge in [0.15, 0.2) is 0 Å². The molecule has 0 amide bonds. The van der Waals surface area contributed by atoms with Crippen LogP contribution >= 0.6 is 0 Å². The van der Waals surface area contributed by atoms with E-state index in [0.717, 1.165) is 37.2 Å². The highest BCUT2D eigenvalue weighted by Gasteiger charge is 2.18. The minimum atomic E-state index is -0.339. The maximum Gasteiger partial charge on any atom is 0.118 e. The van der Waals surface area contributed by atoms with Crippen LogP contribution < -0.4 is 10.1 Å². The lowest BCUT2D eigenvalue weighted by Crippen LogP contribution is -2.33. The average Bonchev–Trinajstić information content (AvgIpc) is 2.46. The van der Waals surface area contributed by atoms with Crippen LogP contribution in [-0.2, 0) is 0 Å². The highest BCUT2D eigenvalue weighted by molar-refractivity contribution is 5.51. The Kier molecular flexibility index (Phi) is 4.79. The van der Waals surface area contributed by atoms with E-state index < -0.39 is 0 Å². The largest absolute Gasteiger partial charge is 0.497 e. The normalized spacial score (nSPS) is 19.0. The molecule has 3 heteroatoms. The van der Waals surface area contributed by atoms with E-state index >= 15 is 0 Å². The molecule has 1 aromatic carbocycles. The van der Waals surface area contributed by atoms with Gasteiger partial charge < -0.3 is 15.2 Å². The molecule has 1 aliphatic heterocycles. The molecular weight excluding hydrogens is 226 g/mol. The molecule has 0 aromatic heterocycles. The van der Waals surface area contributed by atoms with Crippen molar-refractivity contribution >= 4 is 6.08 Å². The van der Waals surface area contributed by atoms with E-state index in [9.17, 15) is 5.11 Å². The zero-order valence-corrected chi connectivity index (χ0v) is 10.8. The lowest BCUT2D eigenvalue weighted by atomic mass is 9.92. The molecule has 1 aromatic rings. The van der Waals surface area contributed by atoms with Gasteiger partial charge in [0.25, 0.3) is 0 Å². The van der Waals surface area contributed by atoms with Gasteiger partial charge in [0.2, 0.25) is 0 Å². The van der Waals surface area contributed by atoms with Crippen molar-refractivity contribution in [2.24, 2.45) is 5.92 Å². The van der Waals surface area contributed by atoms with Crippen LogP contribution in [0.4, 0.5) is 0 Å². The fourth-order valence-electron chi connectivity index (χ4n) is 2.27. The number of benzene rings is 1. The monoisotopic (exact) mass is 247 g/mol. The zero-order valence-electron chi connectivity index (χ0n) is 10.8.